The van der Waals surface area contributed by atoms with Crippen molar-refractivity contribution in [2.24, 2.45) is 0 Å². The van der Waals surface area contributed by atoms with E-state index in [0.29, 0.717) is 11.4 Å². The van der Waals surface area contributed by atoms with Gasteiger partial charge in [-0.05, 0) is 19.1 Å². The van der Waals surface area contributed by atoms with E-state index in [0.717, 1.165) is 0 Å². The number of benzene rings is 1. The Labute approximate surface area is 104 Å². The van der Waals surface area contributed by atoms with Gasteiger partial charge in [0.25, 0.3) is 5.91 Å². The Morgan fingerprint density at radius 2 is 2.22 bits per heavy atom. The summed E-state index contributed by atoms with van der Waals surface area (Å²) in [4.78, 5) is 13.3. The number of nitrogens with zero attached hydrogens (tertiary/aromatic N) is 1. The average molecular weight is 253 g/mol. The maximum Gasteiger partial charge on any atom is 0.267 e. The number of phenolic OH excluding ortho intramolecular Hbond substituents is 1. The van der Waals surface area contributed by atoms with Crippen LogP contribution in [0.1, 0.15) is 6.92 Å². The van der Waals surface area contributed by atoms with E-state index >= 15 is 0 Å². The van der Waals surface area contributed by atoms with Crippen LogP contribution in [0.4, 0.5) is 5.69 Å². The molecule has 0 saturated carbocycles. The third-order valence-electron chi connectivity index (χ3n) is 2.76. The quantitative estimate of drug-likeness (QED) is 0.697. The number of phenols is 1. The first-order valence-electron chi connectivity index (χ1n) is 5.63. The van der Waals surface area contributed by atoms with E-state index in [9.17, 15) is 15.0 Å². The fourth-order valence-electron chi connectivity index (χ4n) is 1.86. The fourth-order valence-corrected chi connectivity index (χ4v) is 1.86. The Kier molecular flexibility index (Phi) is 3.40. The number of β-amino-alcohol motifs (C(OH)–C–C–N with tert-alkyl or cyclic N) is 1. The lowest BCUT2D eigenvalue weighted by atomic mass is 10.1. The van der Waals surface area contributed by atoms with Crippen molar-refractivity contribution in [2.75, 3.05) is 18.1 Å². The van der Waals surface area contributed by atoms with Crippen molar-refractivity contribution in [3.05, 3.63) is 18.2 Å². The second-order valence-corrected chi connectivity index (χ2v) is 4.20. The molecule has 0 radical (unpaired) electrons. The molecule has 1 aromatic rings. The van der Waals surface area contributed by atoms with Crippen molar-refractivity contribution in [2.45, 2.75) is 19.1 Å². The van der Waals surface area contributed by atoms with Gasteiger partial charge < -0.3 is 25.0 Å². The van der Waals surface area contributed by atoms with Gasteiger partial charge in [-0.2, -0.15) is 0 Å². The molecule has 0 aromatic heterocycles. The fraction of sp³-hybridized carbons (Fsp3) is 0.417. The third kappa shape index (κ3) is 2.25. The van der Waals surface area contributed by atoms with Crippen molar-refractivity contribution in [3.63, 3.8) is 0 Å². The molecule has 6 heteroatoms. The second-order valence-electron chi connectivity index (χ2n) is 4.20. The third-order valence-corrected chi connectivity index (χ3v) is 2.76. The molecule has 2 rings (SSSR count). The van der Waals surface area contributed by atoms with Gasteiger partial charge in [0.1, 0.15) is 11.5 Å². The highest BCUT2D eigenvalue weighted by Gasteiger charge is 2.32. The Balaban J connectivity index is 2.36. The smallest absolute Gasteiger partial charge is 0.267 e. The number of aliphatic hydroxyl groups excluding tert-OH is 2. The summed E-state index contributed by atoms with van der Waals surface area (Å²) in [6, 6.07) is 4.39. The normalized spacial score (nSPS) is 20.3. The minimum atomic E-state index is -1.01. The zero-order chi connectivity index (χ0) is 13.3. The number of amides is 1. The van der Waals surface area contributed by atoms with Gasteiger partial charge in [-0.3, -0.25) is 4.79 Å². The van der Waals surface area contributed by atoms with E-state index < -0.39 is 18.8 Å². The van der Waals surface area contributed by atoms with Gasteiger partial charge in [0.05, 0.1) is 24.9 Å². The highest BCUT2D eigenvalue weighted by molar-refractivity contribution is 5.99. The standard InChI is InChI=1S/C12H15NO5/c1-7-12(17)13(5-9(16)6-14)10-3-2-8(15)4-11(10)18-7/h2-4,7,9,14-16H,5-6H2,1H3. The van der Waals surface area contributed by atoms with Crippen molar-refractivity contribution >= 4 is 11.6 Å². The summed E-state index contributed by atoms with van der Waals surface area (Å²) in [6.45, 7) is 1.15. The number of fused-ring (bicyclic) bond motifs is 1. The number of carbonyl (C=O) groups excluding carboxylic acids is 1. The minimum Gasteiger partial charge on any atom is -0.508 e. The number of hydrogen-bond donors (Lipinski definition) is 3. The first kappa shape index (κ1) is 12.7. The predicted molar refractivity (Wildman–Crippen MR) is 63.6 cm³/mol. The summed E-state index contributed by atoms with van der Waals surface area (Å²) in [5.41, 5.74) is 0.475. The largest absolute Gasteiger partial charge is 0.508 e. The SMILES string of the molecule is CC1Oc2cc(O)ccc2N(CC(O)CO)C1=O. The van der Waals surface area contributed by atoms with Crippen molar-refractivity contribution < 1.29 is 24.9 Å². The molecule has 0 saturated heterocycles. The van der Waals surface area contributed by atoms with Crippen LogP contribution >= 0.6 is 0 Å². The lowest BCUT2D eigenvalue weighted by Gasteiger charge is -2.33. The first-order chi connectivity index (χ1) is 8.52. The number of aliphatic hydroxyl groups is 2. The molecular formula is C12H15NO5. The summed E-state index contributed by atoms with van der Waals surface area (Å²) in [5.74, 6) is 0.130. The Morgan fingerprint density at radius 3 is 2.89 bits per heavy atom. The van der Waals surface area contributed by atoms with Crippen LogP contribution in [0, 0.1) is 0 Å². The number of hydrogen-bond acceptors (Lipinski definition) is 5. The highest BCUT2D eigenvalue weighted by atomic mass is 16.5. The summed E-state index contributed by atoms with van der Waals surface area (Å²) < 4.78 is 5.37. The number of anilines is 1. The van der Waals surface area contributed by atoms with Gasteiger partial charge in [-0.15, -0.1) is 0 Å². The molecule has 98 valence electrons. The molecule has 6 nitrogen and oxygen atoms in total. The van der Waals surface area contributed by atoms with Gasteiger partial charge >= 0.3 is 0 Å². The Hall–Kier alpha value is -1.79. The van der Waals surface area contributed by atoms with Crippen LogP contribution in [0.15, 0.2) is 18.2 Å². The van der Waals surface area contributed by atoms with Crippen molar-refractivity contribution in [1.29, 1.82) is 0 Å². The summed E-state index contributed by atoms with van der Waals surface area (Å²) in [7, 11) is 0. The monoisotopic (exact) mass is 253 g/mol. The van der Waals surface area contributed by atoms with Crippen LogP contribution in [-0.2, 0) is 4.79 Å². The van der Waals surface area contributed by atoms with Gasteiger partial charge in [0.15, 0.2) is 6.10 Å². The number of ether oxygens (including phenoxy) is 1. The number of carbonyl (C=O) groups is 1. The molecule has 0 spiro atoms. The van der Waals surface area contributed by atoms with E-state index in [1.807, 2.05) is 0 Å². The maximum atomic E-state index is 12.0. The van der Waals surface area contributed by atoms with E-state index in [4.69, 9.17) is 9.84 Å². The molecule has 3 N–H and O–H groups in total. The predicted octanol–water partition coefficient (Wildman–Crippen LogP) is -0.141. The molecule has 1 aliphatic heterocycles. The Bertz CT molecular complexity index is 462. The molecule has 0 bridgehead atoms. The average Bonchev–Trinajstić information content (AvgIpc) is 2.34. The molecule has 2 unspecified atom stereocenters. The topological polar surface area (TPSA) is 90.2 Å². The molecule has 1 aliphatic rings. The second kappa shape index (κ2) is 4.83. The van der Waals surface area contributed by atoms with Gasteiger partial charge in [0.2, 0.25) is 0 Å². The summed E-state index contributed by atoms with van der Waals surface area (Å²) in [5, 5.41) is 27.7. The molecule has 0 aliphatic carbocycles. The summed E-state index contributed by atoms with van der Waals surface area (Å²) >= 11 is 0. The molecule has 1 aromatic carbocycles. The molecule has 2 atom stereocenters. The van der Waals surface area contributed by atoms with Crippen LogP contribution in [0.2, 0.25) is 0 Å². The summed E-state index contributed by atoms with van der Waals surface area (Å²) in [6.07, 6.45) is -1.70. The zero-order valence-electron chi connectivity index (χ0n) is 9.91. The van der Waals surface area contributed by atoms with Gasteiger partial charge in [0, 0.05) is 6.07 Å². The van der Waals surface area contributed by atoms with E-state index in [1.54, 1.807) is 13.0 Å². The van der Waals surface area contributed by atoms with Crippen LogP contribution in [-0.4, -0.2) is 46.6 Å². The van der Waals surface area contributed by atoms with Crippen LogP contribution in [0.25, 0.3) is 0 Å². The van der Waals surface area contributed by atoms with E-state index in [1.165, 1.54) is 17.0 Å². The van der Waals surface area contributed by atoms with Crippen molar-refractivity contribution in [3.8, 4) is 11.5 Å². The highest BCUT2D eigenvalue weighted by Crippen LogP contribution is 2.36. The molecule has 1 heterocycles. The molecule has 0 fully saturated rings. The lowest BCUT2D eigenvalue weighted by Crippen LogP contribution is -2.48. The van der Waals surface area contributed by atoms with E-state index in [2.05, 4.69) is 0 Å². The van der Waals surface area contributed by atoms with Crippen LogP contribution < -0.4 is 9.64 Å². The van der Waals surface area contributed by atoms with E-state index in [-0.39, 0.29) is 18.2 Å². The minimum absolute atomic E-state index is 0.0131. The van der Waals surface area contributed by atoms with Crippen LogP contribution in [0.5, 0.6) is 11.5 Å². The van der Waals surface area contributed by atoms with Gasteiger partial charge in [-0.1, -0.05) is 0 Å². The molecular weight excluding hydrogens is 238 g/mol. The van der Waals surface area contributed by atoms with Crippen LogP contribution in [0.3, 0.4) is 0 Å². The number of rotatable bonds is 3. The van der Waals surface area contributed by atoms with Gasteiger partial charge in [-0.25, -0.2) is 0 Å². The first-order valence-corrected chi connectivity index (χ1v) is 5.63. The number of aromatic hydroxyl groups is 1. The zero-order valence-corrected chi connectivity index (χ0v) is 9.91. The van der Waals surface area contributed by atoms with Crippen molar-refractivity contribution in [1.82, 2.24) is 0 Å². The Morgan fingerprint density at radius 1 is 1.50 bits per heavy atom. The lowest BCUT2D eigenvalue weighted by molar-refractivity contribution is -0.126. The maximum absolute atomic E-state index is 12.0. The molecule has 1 amide bonds. The molecule has 18 heavy (non-hydrogen) atoms.